The monoisotopic (exact) mass is 342 g/mol. The first-order valence-electron chi connectivity index (χ1n) is 8.12. The Hall–Kier alpha value is -2.89. The molecule has 1 fully saturated rings. The molecule has 2 aromatic carbocycles. The molecule has 1 saturated heterocycles. The number of nitrogens with zero attached hydrogens (tertiary/aromatic N) is 1. The zero-order valence-electron chi connectivity index (χ0n) is 13.9. The van der Waals surface area contributed by atoms with E-state index in [1.807, 2.05) is 13.0 Å². The molecule has 2 aromatic rings. The van der Waals surface area contributed by atoms with Gasteiger partial charge in [0.2, 0.25) is 5.91 Å². The van der Waals surface area contributed by atoms with Gasteiger partial charge in [-0.15, -0.1) is 0 Å². The number of rotatable bonds is 5. The number of nitrogens with one attached hydrogen (secondary N) is 1. The normalized spacial score (nSPS) is 13.8. The van der Waals surface area contributed by atoms with Crippen LogP contribution in [0, 0.1) is 12.7 Å². The van der Waals surface area contributed by atoms with E-state index >= 15 is 0 Å². The topological polar surface area (TPSA) is 58.6 Å². The molecule has 0 unspecified atom stereocenters. The standard InChI is InChI=1S/C19H19FN2O3/c1-13-7-8-16(20)17(10-13)21-18(23)12-25-15-5-2-4-14(11-15)22-9-3-6-19(22)24/h2,4-5,7-8,10-11H,3,6,9,12H2,1H3,(H,21,23). The SMILES string of the molecule is Cc1ccc(F)c(NC(=O)COc2cccc(N3CCCC3=O)c2)c1. The third-order valence-electron chi connectivity index (χ3n) is 3.97. The Morgan fingerprint density at radius 2 is 2.12 bits per heavy atom. The molecule has 1 N–H and O–H groups in total. The van der Waals surface area contributed by atoms with Gasteiger partial charge in [-0.1, -0.05) is 12.1 Å². The largest absolute Gasteiger partial charge is 0.484 e. The summed E-state index contributed by atoms with van der Waals surface area (Å²) >= 11 is 0. The lowest BCUT2D eigenvalue weighted by Crippen LogP contribution is -2.24. The summed E-state index contributed by atoms with van der Waals surface area (Å²) in [6.45, 7) is 2.26. The zero-order valence-corrected chi connectivity index (χ0v) is 13.9. The Balaban J connectivity index is 1.60. The van der Waals surface area contributed by atoms with E-state index in [0.29, 0.717) is 18.7 Å². The lowest BCUT2D eigenvalue weighted by molar-refractivity contribution is -0.118. The predicted octanol–water partition coefficient (Wildman–Crippen LogP) is 3.28. The number of carbonyl (C=O) groups excluding carboxylic acids is 2. The van der Waals surface area contributed by atoms with Gasteiger partial charge in [0.15, 0.2) is 6.61 Å². The van der Waals surface area contributed by atoms with Crippen LogP contribution in [0.4, 0.5) is 15.8 Å². The molecule has 0 spiro atoms. The summed E-state index contributed by atoms with van der Waals surface area (Å²) in [7, 11) is 0. The third kappa shape index (κ3) is 4.15. The van der Waals surface area contributed by atoms with Crippen LogP contribution in [0.3, 0.4) is 0 Å². The Labute approximate surface area is 145 Å². The highest BCUT2D eigenvalue weighted by Gasteiger charge is 2.21. The van der Waals surface area contributed by atoms with E-state index in [1.165, 1.54) is 6.07 Å². The fourth-order valence-corrected chi connectivity index (χ4v) is 2.73. The summed E-state index contributed by atoms with van der Waals surface area (Å²) in [5, 5.41) is 2.49. The van der Waals surface area contributed by atoms with Crippen LogP contribution in [0.15, 0.2) is 42.5 Å². The fraction of sp³-hybridized carbons (Fsp3) is 0.263. The van der Waals surface area contributed by atoms with Crippen molar-refractivity contribution in [3.05, 3.63) is 53.8 Å². The molecular formula is C19H19FN2O3. The molecule has 3 rings (SSSR count). The van der Waals surface area contributed by atoms with Crippen LogP contribution in [0.5, 0.6) is 5.75 Å². The van der Waals surface area contributed by atoms with Crippen molar-refractivity contribution >= 4 is 23.2 Å². The van der Waals surface area contributed by atoms with E-state index in [-0.39, 0.29) is 18.2 Å². The van der Waals surface area contributed by atoms with Gasteiger partial charge in [-0.25, -0.2) is 4.39 Å². The number of benzene rings is 2. The van der Waals surface area contributed by atoms with Crippen LogP contribution in [0.2, 0.25) is 0 Å². The number of ether oxygens (including phenoxy) is 1. The Kier molecular flexibility index (Phi) is 4.97. The average Bonchev–Trinajstić information content (AvgIpc) is 3.03. The second kappa shape index (κ2) is 7.34. The second-order valence-electron chi connectivity index (χ2n) is 5.97. The van der Waals surface area contributed by atoms with Crippen LogP contribution in [0.25, 0.3) is 0 Å². The first kappa shape index (κ1) is 17.0. The highest BCUT2D eigenvalue weighted by molar-refractivity contribution is 5.95. The molecular weight excluding hydrogens is 323 g/mol. The molecule has 130 valence electrons. The third-order valence-corrected chi connectivity index (χ3v) is 3.97. The van der Waals surface area contributed by atoms with Crippen molar-refractivity contribution in [2.45, 2.75) is 19.8 Å². The molecule has 0 atom stereocenters. The molecule has 5 nitrogen and oxygen atoms in total. The Bertz CT molecular complexity index is 807. The van der Waals surface area contributed by atoms with Crippen molar-refractivity contribution in [2.24, 2.45) is 0 Å². The van der Waals surface area contributed by atoms with Crippen LogP contribution >= 0.6 is 0 Å². The van der Waals surface area contributed by atoms with Gasteiger partial charge < -0.3 is 15.0 Å². The first-order chi connectivity index (χ1) is 12.0. The van der Waals surface area contributed by atoms with Crippen molar-refractivity contribution in [2.75, 3.05) is 23.4 Å². The molecule has 2 amide bonds. The van der Waals surface area contributed by atoms with Crippen molar-refractivity contribution in [1.82, 2.24) is 0 Å². The highest BCUT2D eigenvalue weighted by Crippen LogP contribution is 2.25. The van der Waals surface area contributed by atoms with E-state index in [4.69, 9.17) is 4.74 Å². The summed E-state index contributed by atoms with van der Waals surface area (Å²) < 4.78 is 19.1. The van der Waals surface area contributed by atoms with Crippen molar-refractivity contribution < 1.29 is 18.7 Å². The molecule has 0 saturated carbocycles. The maximum Gasteiger partial charge on any atom is 0.262 e. The number of hydrogen-bond acceptors (Lipinski definition) is 3. The fourth-order valence-electron chi connectivity index (χ4n) is 2.73. The van der Waals surface area contributed by atoms with E-state index in [1.54, 1.807) is 35.2 Å². The van der Waals surface area contributed by atoms with E-state index in [9.17, 15) is 14.0 Å². The molecule has 6 heteroatoms. The predicted molar refractivity (Wildman–Crippen MR) is 93.3 cm³/mol. The molecule has 1 heterocycles. The molecule has 1 aliphatic rings. The van der Waals surface area contributed by atoms with E-state index < -0.39 is 11.7 Å². The van der Waals surface area contributed by atoms with Gasteiger partial charge in [0.1, 0.15) is 11.6 Å². The Morgan fingerprint density at radius 3 is 2.88 bits per heavy atom. The van der Waals surface area contributed by atoms with E-state index in [2.05, 4.69) is 5.32 Å². The average molecular weight is 342 g/mol. The number of anilines is 2. The maximum absolute atomic E-state index is 13.7. The van der Waals surface area contributed by atoms with Gasteiger partial charge in [0, 0.05) is 24.7 Å². The summed E-state index contributed by atoms with van der Waals surface area (Å²) in [6, 6.07) is 11.5. The van der Waals surface area contributed by atoms with Gasteiger partial charge in [0.05, 0.1) is 5.69 Å². The lowest BCUT2D eigenvalue weighted by Gasteiger charge is -2.16. The summed E-state index contributed by atoms with van der Waals surface area (Å²) in [5.74, 6) is -0.373. The summed E-state index contributed by atoms with van der Waals surface area (Å²) in [5.41, 5.74) is 1.73. The maximum atomic E-state index is 13.7. The number of hydrogen-bond donors (Lipinski definition) is 1. The molecule has 0 aromatic heterocycles. The van der Waals surface area contributed by atoms with Gasteiger partial charge >= 0.3 is 0 Å². The number of amides is 2. The molecule has 25 heavy (non-hydrogen) atoms. The molecule has 0 bridgehead atoms. The minimum absolute atomic E-state index is 0.0878. The van der Waals surface area contributed by atoms with Gasteiger partial charge in [-0.3, -0.25) is 9.59 Å². The minimum Gasteiger partial charge on any atom is -0.484 e. The number of aryl methyl sites for hydroxylation is 1. The van der Waals surface area contributed by atoms with Gasteiger partial charge in [-0.2, -0.15) is 0 Å². The van der Waals surface area contributed by atoms with Crippen molar-refractivity contribution in [1.29, 1.82) is 0 Å². The van der Waals surface area contributed by atoms with Crippen LogP contribution < -0.4 is 15.0 Å². The van der Waals surface area contributed by atoms with Gasteiger partial charge in [0.25, 0.3) is 5.91 Å². The summed E-state index contributed by atoms with van der Waals surface area (Å²) in [4.78, 5) is 25.5. The number of halogens is 1. The van der Waals surface area contributed by atoms with Crippen molar-refractivity contribution in [3.63, 3.8) is 0 Å². The number of carbonyl (C=O) groups is 2. The van der Waals surface area contributed by atoms with Gasteiger partial charge in [-0.05, 0) is 43.2 Å². The quantitative estimate of drug-likeness (QED) is 0.907. The summed E-state index contributed by atoms with van der Waals surface area (Å²) in [6.07, 6.45) is 1.39. The van der Waals surface area contributed by atoms with E-state index in [0.717, 1.165) is 17.7 Å². The minimum atomic E-state index is -0.492. The smallest absolute Gasteiger partial charge is 0.262 e. The van der Waals surface area contributed by atoms with Crippen LogP contribution in [-0.2, 0) is 9.59 Å². The highest BCUT2D eigenvalue weighted by atomic mass is 19.1. The first-order valence-corrected chi connectivity index (χ1v) is 8.12. The molecule has 0 aliphatic carbocycles. The van der Waals surface area contributed by atoms with Crippen molar-refractivity contribution in [3.8, 4) is 5.75 Å². The van der Waals surface area contributed by atoms with Crippen LogP contribution in [0.1, 0.15) is 18.4 Å². The van der Waals surface area contributed by atoms with Crippen LogP contribution in [-0.4, -0.2) is 25.0 Å². The molecule has 0 radical (unpaired) electrons. The molecule has 1 aliphatic heterocycles. The Morgan fingerprint density at radius 1 is 1.28 bits per heavy atom. The zero-order chi connectivity index (χ0) is 17.8. The second-order valence-corrected chi connectivity index (χ2v) is 5.97. The lowest BCUT2D eigenvalue weighted by atomic mass is 10.2.